The first-order valence-electron chi connectivity index (χ1n) is 8.26. The molecule has 0 spiro atoms. The van der Waals surface area contributed by atoms with Gasteiger partial charge in [-0.25, -0.2) is 4.98 Å². The summed E-state index contributed by atoms with van der Waals surface area (Å²) in [6.07, 6.45) is 2.17. The van der Waals surface area contributed by atoms with E-state index >= 15 is 0 Å². The van der Waals surface area contributed by atoms with Gasteiger partial charge in [-0.05, 0) is 42.3 Å². The first-order valence-corrected chi connectivity index (χ1v) is 8.64. The number of hydrogen-bond acceptors (Lipinski definition) is 3. The lowest BCUT2D eigenvalue weighted by molar-refractivity contribution is 0.0656. The van der Waals surface area contributed by atoms with Crippen molar-refractivity contribution in [2.45, 2.75) is 6.42 Å². The molecule has 2 aromatic carbocycles. The van der Waals surface area contributed by atoms with Crippen molar-refractivity contribution in [1.29, 1.82) is 0 Å². The Kier molecular flexibility index (Phi) is 4.05. The normalized spacial score (nSPS) is 13.3. The van der Waals surface area contributed by atoms with Gasteiger partial charge in [-0.1, -0.05) is 42.4 Å². The van der Waals surface area contributed by atoms with Crippen molar-refractivity contribution in [3.63, 3.8) is 0 Å². The molecule has 1 aromatic heterocycles. The summed E-state index contributed by atoms with van der Waals surface area (Å²) in [4.78, 5) is 30.9. The Morgan fingerprint density at radius 1 is 1.04 bits per heavy atom. The zero-order valence-corrected chi connectivity index (χ0v) is 14.7. The molecule has 0 saturated carbocycles. The standard InChI is InChI=1S/C21H15ClN2O2/c1-2-18-13(12-14-6-5-9-17(22)19(14)23-18)10-11-24-20(25)15-7-3-4-8-16(15)21(24)26/h2-9,12H,1,10-11H2. The fourth-order valence-electron chi connectivity index (χ4n) is 3.27. The van der Waals surface area contributed by atoms with Gasteiger partial charge in [-0.15, -0.1) is 0 Å². The van der Waals surface area contributed by atoms with Crippen molar-refractivity contribution in [3.8, 4) is 0 Å². The third-order valence-electron chi connectivity index (χ3n) is 4.59. The summed E-state index contributed by atoms with van der Waals surface area (Å²) in [7, 11) is 0. The first-order chi connectivity index (χ1) is 12.6. The number of imide groups is 1. The van der Waals surface area contributed by atoms with Crippen LogP contribution in [0.25, 0.3) is 17.0 Å². The summed E-state index contributed by atoms with van der Waals surface area (Å²) in [6, 6.07) is 14.5. The number of carbonyl (C=O) groups excluding carboxylic acids is 2. The Morgan fingerprint density at radius 2 is 1.73 bits per heavy atom. The Bertz CT molecular complexity index is 1040. The van der Waals surface area contributed by atoms with Crippen molar-refractivity contribution in [1.82, 2.24) is 9.88 Å². The van der Waals surface area contributed by atoms with Crippen molar-refractivity contribution in [3.05, 3.63) is 82.5 Å². The van der Waals surface area contributed by atoms with Gasteiger partial charge in [0.1, 0.15) is 0 Å². The Morgan fingerprint density at radius 3 is 2.38 bits per heavy atom. The van der Waals surface area contributed by atoms with E-state index in [2.05, 4.69) is 11.6 Å². The van der Waals surface area contributed by atoms with Crippen LogP contribution in [0.15, 0.2) is 55.1 Å². The van der Waals surface area contributed by atoms with Crippen LogP contribution in [0.2, 0.25) is 5.02 Å². The molecule has 0 saturated heterocycles. The summed E-state index contributed by atoms with van der Waals surface area (Å²) in [6.45, 7) is 4.11. The molecule has 0 radical (unpaired) electrons. The molecule has 128 valence electrons. The predicted octanol–water partition coefficient (Wildman–Crippen LogP) is 4.37. The zero-order valence-electron chi connectivity index (χ0n) is 13.9. The van der Waals surface area contributed by atoms with E-state index in [-0.39, 0.29) is 11.8 Å². The molecule has 26 heavy (non-hydrogen) atoms. The number of benzene rings is 2. The highest BCUT2D eigenvalue weighted by molar-refractivity contribution is 6.35. The summed E-state index contributed by atoms with van der Waals surface area (Å²) in [5, 5.41) is 1.50. The molecule has 4 rings (SSSR count). The van der Waals surface area contributed by atoms with Crippen molar-refractivity contribution < 1.29 is 9.59 Å². The van der Waals surface area contributed by atoms with Crippen molar-refractivity contribution in [2.24, 2.45) is 0 Å². The molecule has 0 unspecified atom stereocenters. The number of amides is 2. The minimum Gasteiger partial charge on any atom is -0.274 e. The van der Waals surface area contributed by atoms with Gasteiger partial charge in [0, 0.05) is 11.9 Å². The van der Waals surface area contributed by atoms with Crippen LogP contribution in [0.1, 0.15) is 32.0 Å². The fraction of sp³-hybridized carbons (Fsp3) is 0.0952. The Hall–Kier alpha value is -2.98. The number of carbonyl (C=O) groups is 2. The number of para-hydroxylation sites is 1. The van der Waals surface area contributed by atoms with E-state index in [0.717, 1.165) is 10.9 Å². The molecule has 2 heterocycles. The van der Waals surface area contributed by atoms with Gasteiger partial charge in [-0.2, -0.15) is 0 Å². The van der Waals surface area contributed by atoms with E-state index in [1.54, 1.807) is 36.4 Å². The van der Waals surface area contributed by atoms with Crippen molar-refractivity contribution >= 4 is 40.4 Å². The molecule has 0 bridgehead atoms. The molecule has 0 atom stereocenters. The van der Waals surface area contributed by atoms with E-state index in [1.807, 2.05) is 18.2 Å². The Balaban J connectivity index is 1.64. The number of halogens is 1. The van der Waals surface area contributed by atoms with Crippen LogP contribution < -0.4 is 0 Å². The van der Waals surface area contributed by atoms with E-state index in [0.29, 0.717) is 40.3 Å². The van der Waals surface area contributed by atoms with Gasteiger partial charge in [0.2, 0.25) is 0 Å². The molecule has 5 heteroatoms. The number of rotatable bonds is 4. The topological polar surface area (TPSA) is 50.3 Å². The van der Waals surface area contributed by atoms with Crippen LogP contribution in [0.4, 0.5) is 0 Å². The maximum Gasteiger partial charge on any atom is 0.261 e. The van der Waals surface area contributed by atoms with Gasteiger partial charge in [0.05, 0.1) is 27.4 Å². The predicted molar refractivity (Wildman–Crippen MR) is 102 cm³/mol. The lowest BCUT2D eigenvalue weighted by Crippen LogP contribution is -2.31. The van der Waals surface area contributed by atoms with E-state index in [4.69, 9.17) is 11.6 Å². The second kappa shape index (κ2) is 6.39. The molecular weight excluding hydrogens is 348 g/mol. The fourth-order valence-corrected chi connectivity index (χ4v) is 3.50. The van der Waals surface area contributed by atoms with E-state index in [9.17, 15) is 9.59 Å². The molecule has 0 aliphatic carbocycles. The lowest BCUT2D eigenvalue weighted by atomic mass is 10.1. The van der Waals surface area contributed by atoms with Crippen LogP contribution in [-0.4, -0.2) is 28.2 Å². The summed E-state index contributed by atoms with van der Waals surface area (Å²) in [5.74, 6) is -0.495. The largest absolute Gasteiger partial charge is 0.274 e. The van der Waals surface area contributed by atoms with Gasteiger partial charge in [-0.3, -0.25) is 14.5 Å². The summed E-state index contributed by atoms with van der Waals surface area (Å²) >= 11 is 6.21. The number of aromatic nitrogens is 1. The summed E-state index contributed by atoms with van der Waals surface area (Å²) in [5.41, 5.74) is 3.27. The minimum atomic E-state index is -0.248. The number of pyridine rings is 1. The average Bonchev–Trinajstić information content (AvgIpc) is 2.90. The maximum atomic E-state index is 12.5. The van der Waals surface area contributed by atoms with Gasteiger partial charge in [0.15, 0.2) is 0 Å². The molecule has 0 N–H and O–H groups in total. The smallest absolute Gasteiger partial charge is 0.261 e. The van der Waals surface area contributed by atoms with E-state index < -0.39 is 0 Å². The molecule has 0 fully saturated rings. The average molecular weight is 363 g/mol. The molecule has 1 aliphatic rings. The molecule has 2 amide bonds. The highest BCUT2D eigenvalue weighted by Gasteiger charge is 2.34. The second-order valence-electron chi connectivity index (χ2n) is 6.11. The second-order valence-corrected chi connectivity index (χ2v) is 6.51. The minimum absolute atomic E-state index is 0.248. The van der Waals surface area contributed by atoms with Gasteiger partial charge in [0.25, 0.3) is 11.8 Å². The number of nitrogens with zero attached hydrogens (tertiary/aromatic N) is 2. The highest BCUT2D eigenvalue weighted by Crippen LogP contribution is 2.26. The Labute approximate surface area is 155 Å². The molecular formula is C21H15ClN2O2. The van der Waals surface area contributed by atoms with Crippen LogP contribution in [0.5, 0.6) is 0 Å². The van der Waals surface area contributed by atoms with Gasteiger partial charge >= 0.3 is 0 Å². The summed E-state index contributed by atoms with van der Waals surface area (Å²) < 4.78 is 0. The third kappa shape index (κ3) is 2.59. The monoisotopic (exact) mass is 362 g/mol. The quantitative estimate of drug-likeness (QED) is 0.647. The van der Waals surface area contributed by atoms with Crippen LogP contribution >= 0.6 is 11.6 Å². The van der Waals surface area contributed by atoms with Crippen molar-refractivity contribution in [2.75, 3.05) is 6.54 Å². The third-order valence-corrected chi connectivity index (χ3v) is 4.89. The first kappa shape index (κ1) is 16.5. The molecule has 3 aromatic rings. The number of hydrogen-bond donors (Lipinski definition) is 0. The maximum absolute atomic E-state index is 12.5. The number of fused-ring (bicyclic) bond motifs is 2. The van der Waals surface area contributed by atoms with E-state index in [1.165, 1.54) is 4.90 Å². The molecule has 1 aliphatic heterocycles. The van der Waals surface area contributed by atoms with Crippen LogP contribution in [0.3, 0.4) is 0 Å². The molecule has 4 nitrogen and oxygen atoms in total. The zero-order chi connectivity index (χ0) is 18.3. The lowest BCUT2D eigenvalue weighted by Gasteiger charge is -2.15. The van der Waals surface area contributed by atoms with Crippen LogP contribution in [-0.2, 0) is 6.42 Å². The SMILES string of the molecule is C=Cc1nc2c(Cl)cccc2cc1CCN1C(=O)c2ccccc2C1=O. The highest BCUT2D eigenvalue weighted by atomic mass is 35.5. The van der Waals surface area contributed by atoms with Crippen LogP contribution in [0, 0.1) is 0 Å². The van der Waals surface area contributed by atoms with Gasteiger partial charge < -0.3 is 0 Å².